The lowest BCUT2D eigenvalue weighted by atomic mass is 9.83. The second-order valence-corrected chi connectivity index (χ2v) is 6.35. The van der Waals surface area contributed by atoms with Crippen LogP contribution in [0.2, 0.25) is 0 Å². The van der Waals surface area contributed by atoms with Gasteiger partial charge in [0.1, 0.15) is 5.78 Å². The second-order valence-electron chi connectivity index (χ2n) is 5.24. The van der Waals surface area contributed by atoms with E-state index in [0.717, 1.165) is 23.4 Å². The maximum absolute atomic E-state index is 12.1. The molecule has 0 atom stereocenters. The molecule has 3 heteroatoms. The van der Waals surface area contributed by atoms with Gasteiger partial charge in [-0.2, -0.15) is 0 Å². The van der Waals surface area contributed by atoms with Crippen molar-refractivity contribution in [3.05, 3.63) is 29.3 Å². The van der Waals surface area contributed by atoms with Crippen LogP contribution < -0.4 is 0 Å². The SMILES string of the molecule is CCC(C)(C)C(=O)CCc1nc2ccccc2s1. The Bertz CT molecular complexity index is 523. The summed E-state index contributed by atoms with van der Waals surface area (Å²) in [6.45, 7) is 6.11. The van der Waals surface area contributed by atoms with Gasteiger partial charge in [0, 0.05) is 18.3 Å². The highest BCUT2D eigenvalue weighted by molar-refractivity contribution is 7.18. The van der Waals surface area contributed by atoms with Gasteiger partial charge in [-0.1, -0.05) is 32.9 Å². The van der Waals surface area contributed by atoms with E-state index in [1.807, 2.05) is 32.0 Å². The molecule has 96 valence electrons. The van der Waals surface area contributed by atoms with Gasteiger partial charge < -0.3 is 0 Å². The summed E-state index contributed by atoms with van der Waals surface area (Å²) in [5, 5.41) is 1.07. The van der Waals surface area contributed by atoms with Gasteiger partial charge in [0.25, 0.3) is 0 Å². The predicted octanol–water partition coefficient (Wildman–Crippen LogP) is 4.23. The summed E-state index contributed by atoms with van der Waals surface area (Å²) in [5.74, 6) is 0.337. The molecule has 0 N–H and O–H groups in total. The van der Waals surface area contributed by atoms with Crippen molar-refractivity contribution in [3.8, 4) is 0 Å². The van der Waals surface area contributed by atoms with Crippen molar-refractivity contribution < 1.29 is 4.79 Å². The summed E-state index contributed by atoms with van der Waals surface area (Å²) in [6.07, 6.45) is 2.26. The predicted molar refractivity (Wildman–Crippen MR) is 77.0 cm³/mol. The third-order valence-electron chi connectivity index (χ3n) is 3.54. The van der Waals surface area contributed by atoms with Crippen LogP contribution in [0.4, 0.5) is 0 Å². The van der Waals surface area contributed by atoms with Crippen molar-refractivity contribution >= 4 is 27.3 Å². The molecule has 0 spiro atoms. The number of carbonyl (C=O) groups excluding carboxylic acids is 1. The van der Waals surface area contributed by atoms with Crippen LogP contribution in [-0.2, 0) is 11.2 Å². The smallest absolute Gasteiger partial charge is 0.138 e. The highest BCUT2D eigenvalue weighted by atomic mass is 32.1. The fourth-order valence-corrected chi connectivity index (χ4v) is 2.75. The molecule has 2 rings (SSSR count). The van der Waals surface area contributed by atoms with Gasteiger partial charge in [-0.25, -0.2) is 4.98 Å². The van der Waals surface area contributed by atoms with Gasteiger partial charge in [0.2, 0.25) is 0 Å². The minimum Gasteiger partial charge on any atom is -0.299 e. The van der Waals surface area contributed by atoms with Crippen LogP contribution >= 0.6 is 11.3 Å². The Morgan fingerprint density at radius 3 is 2.72 bits per heavy atom. The molecule has 1 aromatic heterocycles. The Labute approximate surface area is 112 Å². The Kier molecular flexibility index (Phi) is 3.81. The Balaban J connectivity index is 2.04. The van der Waals surface area contributed by atoms with E-state index in [4.69, 9.17) is 0 Å². The molecule has 0 aliphatic rings. The molecule has 2 nitrogen and oxygen atoms in total. The maximum atomic E-state index is 12.1. The van der Waals surface area contributed by atoms with E-state index in [-0.39, 0.29) is 5.41 Å². The van der Waals surface area contributed by atoms with Crippen LogP contribution in [0.1, 0.15) is 38.6 Å². The van der Waals surface area contributed by atoms with E-state index < -0.39 is 0 Å². The number of hydrogen-bond acceptors (Lipinski definition) is 3. The molecule has 18 heavy (non-hydrogen) atoms. The van der Waals surface area contributed by atoms with Gasteiger partial charge >= 0.3 is 0 Å². The number of thiazole rings is 1. The normalized spacial score (nSPS) is 11.9. The van der Waals surface area contributed by atoms with Gasteiger partial charge in [-0.05, 0) is 18.6 Å². The van der Waals surface area contributed by atoms with Crippen LogP contribution in [0, 0.1) is 5.41 Å². The number of hydrogen-bond donors (Lipinski definition) is 0. The van der Waals surface area contributed by atoms with Gasteiger partial charge in [-0.3, -0.25) is 4.79 Å². The van der Waals surface area contributed by atoms with E-state index >= 15 is 0 Å². The van der Waals surface area contributed by atoms with Crippen LogP contribution in [0.15, 0.2) is 24.3 Å². The lowest BCUT2D eigenvalue weighted by Crippen LogP contribution is -2.23. The maximum Gasteiger partial charge on any atom is 0.138 e. The molecule has 0 aliphatic heterocycles. The van der Waals surface area contributed by atoms with Gasteiger partial charge in [-0.15, -0.1) is 11.3 Å². The highest BCUT2D eigenvalue weighted by Gasteiger charge is 2.24. The summed E-state index contributed by atoms with van der Waals surface area (Å²) in [4.78, 5) is 16.6. The minimum atomic E-state index is -0.198. The number of aromatic nitrogens is 1. The standard InChI is InChI=1S/C15H19NOS/c1-4-15(2,3)13(17)9-10-14-16-11-7-5-6-8-12(11)18-14/h5-8H,4,9-10H2,1-3H3. The molecule has 0 saturated heterocycles. The minimum absolute atomic E-state index is 0.198. The summed E-state index contributed by atoms with van der Waals surface area (Å²) >= 11 is 1.69. The Morgan fingerprint density at radius 2 is 2.06 bits per heavy atom. The van der Waals surface area contributed by atoms with Crippen LogP contribution in [-0.4, -0.2) is 10.8 Å². The first-order chi connectivity index (χ1) is 8.53. The number of ketones is 1. The number of fused-ring (bicyclic) bond motifs is 1. The average Bonchev–Trinajstić information content (AvgIpc) is 2.78. The monoisotopic (exact) mass is 261 g/mol. The van der Waals surface area contributed by atoms with E-state index in [0.29, 0.717) is 12.2 Å². The lowest BCUT2D eigenvalue weighted by molar-refractivity contribution is -0.127. The van der Waals surface area contributed by atoms with Crippen molar-refractivity contribution in [3.63, 3.8) is 0 Å². The zero-order valence-electron chi connectivity index (χ0n) is 11.2. The second kappa shape index (κ2) is 5.19. The molecule has 0 radical (unpaired) electrons. The molecular formula is C15H19NOS. The lowest BCUT2D eigenvalue weighted by Gasteiger charge is -2.20. The summed E-state index contributed by atoms with van der Waals surface area (Å²) < 4.78 is 1.20. The topological polar surface area (TPSA) is 30.0 Å². The van der Waals surface area contributed by atoms with E-state index in [1.165, 1.54) is 4.70 Å². The van der Waals surface area contributed by atoms with Crippen LogP contribution in [0.5, 0.6) is 0 Å². The summed E-state index contributed by atoms with van der Waals surface area (Å²) in [6, 6.07) is 8.12. The third kappa shape index (κ3) is 2.78. The van der Waals surface area contributed by atoms with Gasteiger partial charge in [0.15, 0.2) is 0 Å². The van der Waals surface area contributed by atoms with Crippen LogP contribution in [0.3, 0.4) is 0 Å². The Hall–Kier alpha value is -1.22. The van der Waals surface area contributed by atoms with Crippen molar-refractivity contribution in [1.82, 2.24) is 4.98 Å². The number of Topliss-reactive ketones (excluding diaryl/α,β-unsaturated/α-hetero) is 1. The summed E-state index contributed by atoms with van der Waals surface area (Å²) in [5.41, 5.74) is 0.844. The average molecular weight is 261 g/mol. The molecule has 0 fully saturated rings. The first kappa shape index (κ1) is 13.2. The fraction of sp³-hybridized carbons (Fsp3) is 0.467. The van der Waals surface area contributed by atoms with E-state index in [1.54, 1.807) is 11.3 Å². The van der Waals surface area contributed by atoms with Crippen LogP contribution in [0.25, 0.3) is 10.2 Å². The van der Waals surface area contributed by atoms with E-state index in [2.05, 4.69) is 18.0 Å². The number of aryl methyl sites for hydroxylation is 1. The third-order valence-corrected chi connectivity index (χ3v) is 4.64. The molecule has 0 bridgehead atoms. The van der Waals surface area contributed by atoms with Crippen molar-refractivity contribution in [2.75, 3.05) is 0 Å². The van der Waals surface area contributed by atoms with Gasteiger partial charge in [0.05, 0.1) is 15.2 Å². The molecular weight excluding hydrogens is 242 g/mol. The van der Waals surface area contributed by atoms with Crippen molar-refractivity contribution in [2.24, 2.45) is 5.41 Å². The molecule has 1 aromatic carbocycles. The fourth-order valence-electron chi connectivity index (χ4n) is 1.78. The summed E-state index contributed by atoms with van der Waals surface area (Å²) in [7, 11) is 0. The molecule has 0 aliphatic carbocycles. The number of para-hydroxylation sites is 1. The number of rotatable bonds is 5. The first-order valence-corrected chi connectivity index (χ1v) is 7.22. The van der Waals surface area contributed by atoms with Crippen molar-refractivity contribution in [2.45, 2.75) is 40.0 Å². The molecule has 1 heterocycles. The number of benzene rings is 1. The molecule has 2 aromatic rings. The highest BCUT2D eigenvalue weighted by Crippen LogP contribution is 2.26. The van der Waals surface area contributed by atoms with E-state index in [9.17, 15) is 4.79 Å². The Morgan fingerprint density at radius 1 is 1.33 bits per heavy atom. The largest absolute Gasteiger partial charge is 0.299 e. The first-order valence-electron chi connectivity index (χ1n) is 6.40. The van der Waals surface area contributed by atoms with Crippen molar-refractivity contribution in [1.29, 1.82) is 0 Å². The number of nitrogens with zero attached hydrogens (tertiary/aromatic N) is 1. The quantitative estimate of drug-likeness (QED) is 0.806. The molecule has 0 saturated carbocycles. The molecule has 0 unspecified atom stereocenters. The zero-order valence-corrected chi connectivity index (χ0v) is 12.0. The molecule has 0 amide bonds. The zero-order chi connectivity index (χ0) is 13.2. The number of carbonyl (C=O) groups is 1.